The molecule has 1 heterocycles. The van der Waals surface area contributed by atoms with E-state index in [9.17, 15) is 9.59 Å². The van der Waals surface area contributed by atoms with E-state index in [0.29, 0.717) is 17.8 Å². The van der Waals surface area contributed by atoms with E-state index in [-0.39, 0.29) is 11.8 Å². The molecule has 0 atom stereocenters. The van der Waals surface area contributed by atoms with Crippen molar-refractivity contribution < 1.29 is 14.0 Å². The molecular formula is C15H16N2O3. The van der Waals surface area contributed by atoms with Gasteiger partial charge in [0, 0.05) is 23.9 Å². The average Bonchev–Trinajstić information content (AvgIpc) is 2.92. The zero-order valence-corrected chi connectivity index (χ0v) is 11.4. The molecule has 20 heavy (non-hydrogen) atoms. The lowest BCUT2D eigenvalue weighted by atomic mass is 10.1. The summed E-state index contributed by atoms with van der Waals surface area (Å²) in [6.45, 7) is 1.97. The Morgan fingerprint density at radius 1 is 1.20 bits per heavy atom. The minimum atomic E-state index is -0.221. The fraction of sp³-hybridized carbons (Fsp3) is 0.200. The van der Waals surface area contributed by atoms with Crippen LogP contribution in [-0.2, 0) is 6.54 Å². The molecule has 0 unspecified atom stereocenters. The highest BCUT2D eigenvalue weighted by molar-refractivity contribution is 5.95. The number of rotatable bonds is 4. The van der Waals surface area contributed by atoms with Crippen molar-refractivity contribution in [3.8, 4) is 0 Å². The molecule has 5 heteroatoms. The highest BCUT2D eigenvalue weighted by Gasteiger charge is 2.10. The molecule has 1 aromatic heterocycles. The summed E-state index contributed by atoms with van der Waals surface area (Å²) in [5.74, 6) is -0.0000441. The molecule has 5 nitrogen and oxygen atoms in total. The summed E-state index contributed by atoms with van der Waals surface area (Å²) in [4.78, 5) is 24.7. The largest absolute Gasteiger partial charge is 0.472 e. The van der Waals surface area contributed by atoms with Crippen molar-refractivity contribution >= 4 is 17.5 Å². The Bertz CT molecular complexity index is 588. The van der Waals surface area contributed by atoms with Crippen LogP contribution < -0.4 is 5.32 Å². The molecule has 0 aliphatic rings. The van der Waals surface area contributed by atoms with Crippen LogP contribution in [0.15, 0.2) is 47.3 Å². The van der Waals surface area contributed by atoms with Crippen molar-refractivity contribution in [2.24, 2.45) is 0 Å². The van der Waals surface area contributed by atoms with E-state index in [2.05, 4.69) is 5.32 Å². The van der Waals surface area contributed by atoms with Gasteiger partial charge in [0.15, 0.2) is 5.78 Å². The predicted molar refractivity (Wildman–Crippen MR) is 75.6 cm³/mol. The number of ketones is 1. The van der Waals surface area contributed by atoms with Gasteiger partial charge in [-0.05, 0) is 37.3 Å². The van der Waals surface area contributed by atoms with E-state index in [1.54, 1.807) is 48.7 Å². The van der Waals surface area contributed by atoms with Crippen LogP contribution in [0.4, 0.5) is 10.5 Å². The lowest BCUT2D eigenvalue weighted by molar-refractivity contribution is 0.101. The molecule has 0 bridgehead atoms. The van der Waals surface area contributed by atoms with E-state index >= 15 is 0 Å². The fourth-order valence-corrected chi connectivity index (χ4v) is 1.74. The molecule has 0 radical (unpaired) electrons. The van der Waals surface area contributed by atoms with E-state index in [0.717, 1.165) is 5.56 Å². The molecule has 0 aliphatic carbocycles. The number of furan rings is 1. The smallest absolute Gasteiger partial charge is 0.321 e. The molecular weight excluding hydrogens is 256 g/mol. The molecule has 0 spiro atoms. The summed E-state index contributed by atoms with van der Waals surface area (Å²) in [6, 6.07) is 8.38. The first kappa shape index (κ1) is 13.9. The van der Waals surface area contributed by atoms with Gasteiger partial charge < -0.3 is 14.6 Å². The van der Waals surface area contributed by atoms with Gasteiger partial charge in [-0.1, -0.05) is 0 Å². The number of benzene rings is 1. The normalized spacial score (nSPS) is 10.1. The van der Waals surface area contributed by atoms with Crippen molar-refractivity contribution in [1.29, 1.82) is 0 Å². The molecule has 2 rings (SSSR count). The summed E-state index contributed by atoms with van der Waals surface area (Å²) in [7, 11) is 1.70. The predicted octanol–water partition coefficient (Wildman–Crippen LogP) is 3.15. The van der Waals surface area contributed by atoms with E-state index in [1.165, 1.54) is 6.92 Å². The highest BCUT2D eigenvalue weighted by Crippen LogP contribution is 2.11. The second-order valence-corrected chi connectivity index (χ2v) is 4.55. The first-order valence-corrected chi connectivity index (χ1v) is 6.20. The molecule has 2 amide bonds. The zero-order chi connectivity index (χ0) is 14.5. The maximum Gasteiger partial charge on any atom is 0.321 e. The zero-order valence-electron chi connectivity index (χ0n) is 11.4. The van der Waals surface area contributed by atoms with Gasteiger partial charge in [-0.25, -0.2) is 4.79 Å². The number of nitrogens with zero attached hydrogens (tertiary/aromatic N) is 1. The van der Waals surface area contributed by atoms with Crippen molar-refractivity contribution in [3.63, 3.8) is 0 Å². The number of hydrogen-bond donors (Lipinski definition) is 1. The number of hydrogen-bond acceptors (Lipinski definition) is 3. The van der Waals surface area contributed by atoms with Gasteiger partial charge in [0.1, 0.15) is 0 Å². The Kier molecular flexibility index (Phi) is 4.20. The van der Waals surface area contributed by atoms with E-state index in [4.69, 9.17) is 4.42 Å². The monoisotopic (exact) mass is 272 g/mol. The number of carbonyl (C=O) groups is 2. The quantitative estimate of drug-likeness (QED) is 0.870. The first-order valence-electron chi connectivity index (χ1n) is 6.20. The van der Waals surface area contributed by atoms with Crippen LogP contribution in [0.3, 0.4) is 0 Å². The molecule has 0 fully saturated rings. The molecule has 0 aliphatic heterocycles. The van der Waals surface area contributed by atoms with Crippen LogP contribution in [-0.4, -0.2) is 23.8 Å². The summed E-state index contributed by atoms with van der Waals surface area (Å²) in [6.07, 6.45) is 3.17. The van der Waals surface area contributed by atoms with Crippen molar-refractivity contribution in [2.75, 3.05) is 12.4 Å². The third-order valence-electron chi connectivity index (χ3n) is 2.89. The number of anilines is 1. The van der Waals surface area contributed by atoms with E-state index in [1.807, 2.05) is 6.07 Å². The van der Waals surface area contributed by atoms with Gasteiger partial charge >= 0.3 is 6.03 Å². The summed E-state index contributed by atoms with van der Waals surface area (Å²) in [5.41, 5.74) is 2.20. The highest BCUT2D eigenvalue weighted by atomic mass is 16.3. The number of amides is 2. The number of carbonyl (C=O) groups excluding carboxylic acids is 2. The van der Waals surface area contributed by atoms with Crippen LogP contribution in [0, 0.1) is 0 Å². The van der Waals surface area contributed by atoms with Gasteiger partial charge in [-0.15, -0.1) is 0 Å². The lowest BCUT2D eigenvalue weighted by Crippen LogP contribution is -2.30. The number of Topliss-reactive ketones (excluding diaryl/α,β-unsaturated/α-hetero) is 1. The van der Waals surface area contributed by atoms with Gasteiger partial charge in [0.2, 0.25) is 0 Å². The van der Waals surface area contributed by atoms with Gasteiger partial charge in [0.05, 0.1) is 19.1 Å². The van der Waals surface area contributed by atoms with Gasteiger partial charge in [0.25, 0.3) is 0 Å². The Balaban J connectivity index is 1.95. The molecule has 0 saturated carbocycles. The molecule has 2 aromatic rings. The molecule has 1 aromatic carbocycles. The average molecular weight is 272 g/mol. The Morgan fingerprint density at radius 2 is 1.90 bits per heavy atom. The minimum Gasteiger partial charge on any atom is -0.472 e. The third kappa shape index (κ3) is 3.47. The maximum atomic E-state index is 12.0. The Morgan fingerprint density at radius 3 is 2.45 bits per heavy atom. The second-order valence-electron chi connectivity index (χ2n) is 4.55. The summed E-state index contributed by atoms with van der Waals surface area (Å²) >= 11 is 0. The van der Waals surface area contributed by atoms with E-state index < -0.39 is 0 Å². The molecule has 1 N–H and O–H groups in total. The lowest BCUT2D eigenvalue weighted by Gasteiger charge is -2.17. The standard InChI is InChI=1S/C15H16N2O3/c1-11(18)13-3-5-14(6-4-13)16-15(19)17(2)9-12-7-8-20-10-12/h3-8,10H,9H2,1-2H3,(H,16,19). The van der Waals surface area contributed by atoms with Crippen LogP contribution in [0.25, 0.3) is 0 Å². The number of nitrogens with one attached hydrogen (secondary N) is 1. The molecule has 104 valence electrons. The van der Waals surface area contributed by atoms with Crippen molar-refractivity contribution in [1.82, 2.24) is 4.90 Å². The Hall–Kier alpha value is -2.56. The first-order chi connectivity index (χ1) is 9.56. The van der Waals surface area contributed by atoms with Crippen LogP contribution >= 0.6 is 0 Å². The topological polar surface area (TPSA) is 62.6 Å². The molecule has 0 saturated heterocycles. The maximum absolute atomic E-state index is 12.0. The van der Waals surface area contributed by atoms with Crippen LogP contribution in [0.2, 0.25) is 0 Å². The van der Waals surface area contributed by atoms with Crippen molar-refractivity contribution in [2.45, 2.75) is 13.5 Å². The number of urea groups is 1. The third-order valence-corrected chi connectivity index (χ3v) is 2.89. The van der Waals surface area contributed by atoms with Gasteiger partial charge in [-0.3, -0.25) is 4.79 Å². The van der Waals surface area contributed by atoms with Crippen LogP contribution in [0.5, 0.6) is 0 Å². The SMILES string of the molecule is CC(=O)c1ccc(NC(=O)N(C)Cc2ccoc2)cc1. The minimum absolute atomic E-state index is 0.0000441. The second kappa shape index (κ2) is 6.06. The van der Waals surface area contributed by atoms with Gasteiger partial charge in [-0.2, -0.15) is 0 Å². The van der Waals surface area contributed by atoms with Crippen molar-refractivity contribution in [3.05, 3.63) is 54.0 Å². The fourth-order valence-electron chi connectivity index (χ4n) is 1.74. The summed E-state index contributed by atoms with van der Waals surface area (Å²) < 4.78 is 4.96. The summed E-state index contributed by atoms with van der Waals surface area (Å²) in [5, 5.41) is 2.77. The Labute approximate surface area is 117 Å². The van der Waals surface area contributed by atoms with Crippen LogP contribution in [0.1, 0.15) is 22.8 Å².